The molecule has 0 saturated carbocycles. The summed E-state index contributed by atoms with van der Waals surface area (Å²) >= 11 is 7.57. The van der Waals surface area contributed by atoms with Crippen molar-refractivity contribution in [3.63, 3.8) is 0 Å². The molecule has 0 spiro atoms. The van der Waals surface area contributed by atoms with Gasteiger partial charge in [-0.2, -0.15) is 0 Å². The van der Waals surface area contributed by atoms with E-state index in [-0.39, 0.29) is 0 Å². The molecule has 17 heavy (non-hydrogen) atoms. The average Bonchev–Trinajstić information content (AvgIpc) is 2.77. The molecule has 4 heteroatoms. The summed E-state index contributed by atoms with van der Waals surface area (Å²) < 4.78 is 0. The molecule has 0 bridgehead atoms. The Labute approximate surface area is 110 Å². The van der Waals surface area contributed by atoms with E-state index >= 15 is 0 Å². The molecule has 0 atom stereocenters. The quantitative estimate of drug-likeness (QED) is 0.902. The van der Waals surface area contributed by atoms with E-state index in [0.29, 0.717) is 0 Å². The molecule has 1 aromatic carbocycles. The molecule has 2 nitrogen and oxygen atoms in total. The van der Waals surface area contributed by atoms with E-state index in [9.17, 15) is 0 Å². The van der Waals surface area contributed by atoms with Crippen molar-refractivity contribution in [3.8, 4) is 0 Å². The van der Waals surface area contributed by atoms with E-state index in [4.69, 9.17) is 17.3 Å². The predicted molar refractivity (Wildman–Crippen MR) is 73.7 cm³/mol. The Morgan fingerprint density at radius 3 is 2.71 bits per heavy atom. The summed E-state index contributed by atoms with van der Waals surface area (Å²) in [4.78, 5) is 4.60. The van der Waals surface area contributed by atoms with Crippen molar-refractivity contribution in [1.29, 1.82) is 0 Å². The molecule has 2 aromatic rings. The summed E-state index contributed by atoms with van der Waals surface area (Å²) in [7, 11) is 0. The number of nitrogens with zero attached hydrogens (tertiary/aromatic N) is 1. The van der Waals surface area contributed by atoms with Crippen molar-refractivity contribution in [2.45, 2.75) is 19.3 Å². The van der Waals surface area contributed by atoms with Crippen LogP contribution in [0.5, 0.6) is 0 Å². The summed E-state index contributed by atoms with van der Waals surface area (Å²) in [5.74, 6) is 0. The number of aryl methyl sites for hydroxylation is 1. The summed E-state index contributed by atoms with van der Waals surface area (Å²) in [5.41, 5.74) is 7.89. The molecule has 2 rings (SSSR count). The van der Waals surface area contributed by atoms with Gasteiger partial charge in [-0.1, -0.05) is 23.7 Å². The van der Waals surface area contributed by atoms with Gasteiger partial charge in [0, 0.05) is 16.8 Å². The molecule has 0 fully saturated rings. The fraction of sp³-hybridized carbons (Fsp3) is 0.308. The third-order valence-corrected chi connectivity index (χ3v) is 3.65. The number of hydrogen-bond donors (Lipinski definition) is 1. The second-order valence-corrected chi connectivity index (χ2v) is 5.31. The zero-order valence-corrected chi connectivity index (χ0v) is 11.1. The molecule has 1 aromatic heterocycles. The van der Waals surface area contributed by atoms with Crippen LogP contribution in [-0.2, 0) is 12.8 Å². The smallest absolute Gasteiger partial charge is 0.0972 e. The predicted octanol–water partition coefficient (Wildman–Crippen LogP) is 3.28. The lowest BCUT2D eigenvalue weighted by Gasteiger charge is -1.98. The number of benzene rings is 1. The average molecular weight is 267 g/mol. The minimum absolute atomic E-state index is 0.726. The molecular weight excluding hydrogens is 252 g/mol. The van der Waals surface area contributed by atoms with Gasteiger partial charge in [-0.15, -0.1) is 11.3 Å². The zero-order chi connectivity index (χ0) is 12.1. The van der Waals surface area contributed by atoms with Crippen molar-refractivity contribution in [3.05, 3.63) is 50.9 Å². The van der Waals surface area contributed by atoms with Crippen molar-refractivity contribution >= 4 is 22.9 Å². The number of hydrogen-bond acceptors (Lipinski definition) is 3. The van der Waals surface area contributed by atoms with Crippen LogP contribution in [0.4, 0.5) is 0 Å². The van der Waals surface area contributed by atoms with Crippen LogP contribution < -0.4 is 5.73 Å². The van der Waals surface area contributed by atoms with Crippen molar-refractivity contribution in [2.24, 2.45) is 5.73 Å². The Kier molecular flexibility index (Phi) is 4.54. The number of halogens is 1. The summed E-state index contributed by atoms with van der Waals surface area (Å²) in [6, 6.07) is 7.92. The van der Waals surface area contributed by atoms with Crippen LogP contribution in [0.25, 0.3) is 0 Å². The van der Waals surface area contributed by atoms with E-state index in [1.165, 1.54) is 5.56 Å². The van der Waals surface area contributed by atoms with Crippen molar-refractivity contribution < 1.29 is 0 Å². The minimum atomic E-state index is 0.726. The van der Waals surface area contributed by atoms with Gasteiger partial charge in [-0.05, 0) is 37.1 Å². The first-order valence-electron chi connectivity index (χ1n) is 5.65. The maximum absolute atomic E-state index is 5.85. The molecule has 90 valence electrons. The van der Waals surface area contributed by atoms with Crippen LogP contribution in [0.15, 0.2) is 29.6 Å². The van der Waals surface area contributed by atoms with Crippen molar-refractivity contribution in [2.75, 3.05) is 6.54 Å². The number of rotatable bonds is 5. The van der Waals surface area contributed by atoms with Gasteiger partial charge < -0.3 is 5.73 Å². The van der Waals surface area contributed by atoms with Crippen LogP contribution >= 0.6 is 22.9 Å². The highest BCUT2D eigenvalue weighted by molar-refractivity contribution is 7.09. The van der Waals surface area contributed by atoms with Crippen LogP contribution in [0.2, 0.25) is 5.02 Å². The second-order valence-electron chi connectivity index (χ2n) is 3.93. The van der Waals surface area contributed by atoms with E-state index < -0.39 is 0 Å². The summed E-state index contributed by atoms with van der Waals surface area (Å²) in [6.45, 7) is 0.726. The number of thiazole rings is 1. The lowest BCUT2D eigenvalue weighted by Crippen LogP contribution is -2.00. The van der Waals surface area contributed by atoms with Gasteiger partial charge in [0.2, 0.25) is 0 Å². The molecular formula is C13H15ClN2S. The molecule has 0 aliphatic rings. The standard InChI is InChI=1S/C13H15ClN2S/c14-11-5-3-10(4-6-11)8-13-16-12(9-17-13)2-1-7-15/h3-6,9H,1-2,7-8,15H2. The lowest BCUT2D eigenvalue weighted by atomic mass is 10.2. The zero-order valence-electron chi connectivity index (χ0n) is 9.53. The van der Waals surface area contributed by atoms with Crippen LogP contribution in [0.3, 0.4) is 0 Å². The highest BCUT2D eigenvalue weighted by Crippen LogP contribution is 2.17. The Morgan fingerprint density at radius 1 is 1.24 bits per heavy atom. The molecule has 0 aliphatic heterocycles. The summed E-state index contributed by atoms with van der Waals surface area (Å²) in [5, 5.41) is 4.05. The first kappa shape index (κ1) is 12.6. The molecule has 0 radical (unpaired) electrons. The van der Waals surface area contributed by atoms with Crippen LogP contribution in [0, 0.1) is 0 Å². The highest BCUT2D eigenvalue weighted by Gasteiger charge is 2.03. The highest BCUT2D eigenvalue weighted by atomic mass is 35.5. The maximum Gasteiger partial charge on any atom is 0.0972 e. The Morgan fingerprint density at radius 2 is 2.00 bits per heavy atom. The Bertz CT molecular complexity index is 465. The second kappa shape index (κ2) is 6.15. The Balaban J connectivity index is 1.98. The van der Waals surface area contributed by atoms with Gasteiger partial charge >= 0.3 is 0 Å². The van der Waals surface area contributed by atoms with Crippen LogP contribution in [-0.4, -0.2) is 11.5 Å². The molecule has 2 N–H and O–H groups in total. The van der Waals surface area contributed by atoms with Gasteiger partial charge in [0.15, 0.2) is 0 Å². The fourth-order valence-corrected chi connectivity index (χ4v) is 2.59. The SMILES string of the molecule is NCCCc1csc(Cc2ccc(Cl)cc2)n1. The third kappa shape index (κ3) is 3.80. The van der Waals surface area contributed by atoms with Gasteiger partial charge in [-0.3, -0.25) is 0 Å². The third-order valence-electron chi connectivity index (χ3n) is 2.50. The van der Waals surface area contributed by atoms with Gasteiger partial charge in [0.05, 0.1) is 10.7 Å². The molecule has 0 aliphatic carbocycles. The number of nitrogens with two attached hydrogens (primary N) is 1. The van der Waals surface area contributed by atoms with Crippen LogP contribution in [0.1, 0.15) is 22.7 Å². The normalized spacial score (nSPS) is 10.7. The van der Waals surface area contributed by atoms with E-state index in [1.807, 2.05) is 24.3 Å². The largest absolute Gasteiger partial charge is 0.330 e. The first-order valence-corrected chi connectivity index (χ1v) is 6.91. The molecule has 0 amide bonds. The molecule has 0 saturated heterocycles. The summed E-state index contributed by atoms with van der Waals surface area (Å²) in [6.07, 6.45) is 2.86. The van der Waals surface area contributed by atoms with Gasteiger partial charge in [0.1, 0.15) is 0 Å². The lowest BCUT2D eigenvalue weighted by molar-refractivity contribution is 0.812. The maximum atomic E-state index is 5.85. The minimum Gasteiger partial charge on any atom is -0.330 e. The van der Waals surface area contributed by atoms with Gasteiger partial charge in [0.25, 0.3) is 0 Å². The number of aromatic nitrogens is 1. The van der Waals surface area contributed by atoms with Crippen molar-refractivity contribution in [1.82, 2.24) is 4.98 Å². The molecule has 1 heterocycles. The topological polar surface area (TPSA) is 38.9 Å². The van der Waals surface area contributed by atoms with E-state index in [2.05, 4.69) is 10.4 Å². The monoisotopic (exact) mass is 266 g/mol. The fourth-order valence-electron chi connectivity index (χ4n) is 1.60. The molecule has 0 unspecified atom stereocenters. The first-order chi connectivity index (χ1) is 8.28. The Hall–Kier alpha value is -0.900. The van der Waals surface area contributed by atoms with E-state index in [0.717, 1.165) is 41.5 Å². The van der Waals surface area contributed by atoms with E-state index in [1.54, 1.807) is 11.3 Å². The van der Waals surface area contributed by atoms with Gasteiger partial charge in [-0.25, -0.2) is 4.98 Å².